The quantitative estimate of drug-likeness (QED) is 0.610. The molecule has 5 heteroatoms. The number of benzene rings is 1. The highest BCUT2D eigenvalue weighted by atomic mass is 35.5. The molecule has 2 aliphatic rings. The Morgan fingerprint density at radius 3 is 2.65 bits per heavy atom. The van der Waals surface area contributed by atoms with Crippen LogP contribution >= 0.6 is 11.6 Å². The van der Waals surface area contributed by atoms with Crippen LogP contribution in [-0.4, -0.2) is 14.8 Å². The largest absolute Gasteiger partial charge is 0.444 e. The molecule has 1 saturated carbocycles. The lowest BCUT2D eigenvalue weighted by molar-refractivity contribution is 0.329. The summed E-state index contributed by atoms with van der Waals surface area (Å²) in [6, 6.07) is 7.88. The van der Waals surface area contributed by atoms with E-state index in [0.29, 0.717) is 5.92 Å². The van der Waals surface area contributed by atoms with Crippen molar-refractivity contribution >= 4 is 11.6 Å². The highest BCUT2D eigenvalue weighted by molar-refractivity contribution is 6.30. The molecule has 0 aliphatic heterocycles. The van der Waals surface area contributed by atoms with Gasteiger partial charge in [-0.15, -0.1) is 0 Å². The third-order valence-electron chi connectivity index (χ3n) is 5.95. The molecule has 1 aromatic carbocycles. The van der Waals surface area contributed by atoms with Crippen LogP contribution in [0.2, 0.25) is 5.02 Å². The van der Waals surface area contributed by atoms with Crippen molar-refractivity contribution in [2.24, 2.45) is 0 Å². The summed E-state index contributed by atoms with van der Waals surface area (Å²) in [7, 11) is 0. The molecule has 2 heterocycles. The van der Waals surface area contributed by atoms with Crippen LogP contribution in [0.25, 0.3) is 5.69 Å². The molecular formula is C21H22ClN3O. The van der Waals surface area contributed by atoms with E-state index in [9.17, 15) is 0 Å². The molecule has 2 aliphatic carbocycles. The van der Waals surface area contributed by atoms with Crippen LogP contribution in [0.1, 0.15) is 68.9 Å². The molecule has 2 aromatic heterocycles. The van der Waals surface area contributed by atoms with E-state index in [4.69, 9.17) is 26.1 Å². The van der Waals surface area contributed by atoms with Crippen LogP contribution in [-0.2, 0) is 10.8 Å². The van der Waals surface area contributed by atoms with Gasteiger partial charge in [-0.25, -0.2) is 9.67 Å². The molecule has 1 fully saturated rings. The first-order chi connectivity index (χ1) is 12.4. The summed E-state index contributed by atoms with van der Waals surface area (Å²) in [6.07, 6.45) is 7.22. The van der Waals surface area contributed by atoms with Gasteiger partial charge in [-0.2, -0.15) is 5.10 Å². The van der Waals surface area contributed by atoms with E-state index < -0.39 is 0 Å². The summed E-state index contributed by atoms with van der Waals surface area (Å²) < 4.78 is 8.35. The Balaban J connectivity index is 1.61. The van der Waals surface area contributed by atoms with Crippen molar-refractivity contribution in [1.29, 1.82) is 0 Å². The van der Waals surface area contributed by atoms with Gasteiger partial charge in [-0.3, -0.25) is 0 Å². The zero-order chi connectivity index (χ0) is 18.1. The van der Waals surface area contributed by atoms with Gasteiger partial charge in [0.2, 0.25) is 5.89 Å². The normalized spacial score (nSPS) is 24.2. The van der Waals surface area contributed by atoms with Crippen molar-refractivity contribution in [2.75, 3.05) is 0 Å². The molecule has 4 nitrogen and oxygen atoms in total. The molecule has 5 rings (SSSR count). The molecule has 0 saturated heterocycles. The fourth-order valence-corrected chi connectivity index (χ4v) is 4.71. The lowest BCUT2D eigenvalue weighted by Gasteiger charge is -2.23. The molecule has 2 unspecified atom stereocenters. The summed E-state index contributed by atoms with van der Waals surface area (Å²) >= 11 is 6.04. The van der Waals surface area contributed by atoms with E-state index in [1.807, 2.05) is 36.7 Å². The smallest absolute Gasteiger partial charge is 0.205 e. The maximum Gasteiger partial charge on any atom is 0.205 e. The first-order valence-corrected chi connectivity index (χ1v) is 9.57. The fraction of sp³-hybridized carbons (Fsp3) is 0.429. The zero-order valence-corrected chi connectivity index (χ0v) is 16.0. The van der Waals surface area contributed by atoms with Crippen LogP contribution in [0.3, 0.4) is 0 Å². The van der Waals surface area contributed by atoms with E-state index in [2.05, 4.69) is 25.5 Å². The van der Waals surface area contributed by atoms with Gasteiger partial charge in [-0.05, 0) is 43.5 Å². The average Bonchev–Trinajstić information content (AvgIpc) is 3.35. The third kappa shape index (κ3) is 2.14. The number of rotatable bonds is 2. The molecule has 3 aromatic rings. The number of hydrogen-bond acceptors (Lipinski definition) is 3. The summed E-state index contributed by atoms with van der Waals surface area (Å²) in [5, 5.41) is 5.45. The van der Waals surface area contributed by atoms with Crippen molar-refractivity contribution in [1.82, 2.24) is 14.8 Å². The Bertz CT molecular complexity index is 980. The molecule has 0 spiro atoms. The Morgan fingerprint density at radius 1 is 1.19 bits per heavy atom. The van der Waals surface area contributed by atoms with Gasteiger partial charge in [0.1, 0.15) is 5.76 Å². The fourth-order valence-electron chi connectivity index (χ4n) is 4.58. The highest BCUT2D eigenvalue weighted by Crippen LogP contribution is 2.60. The molecule has 2 atom stereocenters. The van der Waals surface area contributed by atoms with E-state index in [1.54, 1.807) is 0 Å². The second-order valence-corrected chi connectivity index (χ2v) is 9.07. The van der Waals surface area contributed by atoms with E-state index in [-0.39, 0.29) is 10.8 Å². The number of oxazole rings is 1. The van der Waals surface area contributed by atoms with Crippen LogP contribution in [0.5, 0.6) is 0 Å². The molecule has 134 valence electrons. The van der Waals surface area contributed by atoms with Gasteiger partial charge >= 0.3 is 0 Å². The van der Waals surface area contributed by atoms with Gasteiger partial charge in [0.25, 0.3) is 0 Å². The summed E-state index contributed by atoms with van der Waals surface area (Å²) in [4.78, 5) is 4.71. The molecule has 0 amide bonds. The van der Waals surface area contributed by atoms with Gasteiger partial charge in [0.05, 0.1) is 29.2 Å². The lowest BCUT2D eigenvalue weighted by Crippen LogP contribution is -2.22. The second-order valence-electron chi connectivity index (χ2n) is 8.63. The molecule has 26 heavy (non-hydrogen) atoms. The zero-order valence-electron chi connectivity index (χ0n) is 15.3. The summed E-state index contributed by atoms with van der Waals surface area (Å²) in [6.45, 7) is 6.47. The number of nitrogens with zero attached hydrogens (tertiary/aromatic N) is 3. The molecule has 0 N–H and O–H groups in total. The molecule has 0 radical (unpaired) electrons. The Labute approximate surface area is 158 Å². The van der Waals surface area contributed by atoms with Gasteiger partial charge in [0.15, 0.2) is 0 Å². The van der Waals surface area contributed by atoms with Crippen LogP contribution in [0, 0.1) is 0 Å². The monoisotopic (exact) mass is 367 g/mol. The van der Waals surface area contributed by atoms with Gasteiger partial charge in [0, 0.05) is 21.9 Å². The van der Waals surface area contributed by atoms with E-state index in [0.717, 1.165) is 41.6 Å². The van der Waals surface area contributed by atoms with Crippen molar-refractivity contribution in [2.45, 2.75) is 56.8 Å². The first-order valence-electron chi connectivity index (χ1n) is 9.20. The van der Waals surface area contributed by atoms with Gasteiger partial charge < -0.3 is 4.42 Å². The summed E-state index contributed by atoms with van der Waals surface area (Å²) in [5.74, 6) is 2.32. The van der Waals surface area contributed by atoms with Crippen LogP contribution < -0.4 is 0 Å². The summed E-state index contributed by atoms with van der Waals surface area (Å²) in [5.41, 5.74) is 3.50. The Morgan fingerprint density at radius 2 is 1.96 bits per heavy atom. The van der Waals surface area contributed by atoms with Crippen molar-refractivity contribution in [3.8, 4) is 5.69 Å². The average molecular weight is 368 g/mol. The number of hydrogen-bond donors (Lipinski definition) is 0. The second kappa shape index (κ2) is 5.23. The maximum absolute atomic E-state index is 6.27. The predicted molar refractivity (Wildman–Crippen MR) is 101 cm³/mol. The SMILES string of the molecule is CC(C)(C)c1cnc(C23CCC(C2)c2c3cnn2-c2ccc(Cl)cc2)o1. The van der Waals surface area contributed by atoms with E-state index in [1.165, 1.54) is 11.3 Å². The Hall–Kier alpha value is -2.07. The minimum absolute atomic E-state index is 0.0329. The van der Waals surface area contributed by atoms with Crippen LogP contribution in [0.15, 0.2) is 41.1 Å². The van der Waals surface area contributed by atoms with Crippen molar-refractivity contribution in [3.05, 3.63) is 64.6 Å². The molecule has 2 bridgehead atoms. The Kier molecular flexibility index (Phi) is 3.24. The van der Waals surface area contributed by atoms with Crippen molar-refractivity contribution in [3.63, 3.8) is 0 Å². The van der Waals surface area contributed by atoms with E-state index >= 15 is 0 Å². The molecular weight excluding hydrogens is 346 g/mol. The lowest BCUT2D eigenvalue weighted by atomic mass is 9.81. The predicted octanol–water partition coefficient (Wildman–Crippen LogP) is 5.38. The van der Waals surface area contributed by atoms with Gasteiger partial charge in [-0.1, -0.05) is 32.4 Å². The minimum atomic E-state index is -0.117. The third-order valence-corrected chi connectivity index (χ3v) is 6.20. The number of fused-ring (bicyclic) bond motifs is 5. The first kappa shape index (κ1) is 16.1. The topological polar surface area (TPSA) is 43.9 Å². The minimum Gasteiger partial charge on any atom is -0.444 e. The standard InChI is InChI=1S/C21H22ClN3O/c1-20(2,3)17-12-23-19(26-17)21-9-8-13(10-21)18-16(21)11-24-25(18)15-6-4-14(22)5-7-15/h4-7,11-13H,8-10H2,1-3H3. The highest BCUT2D eigenvalue weighted by Gasteiger charge is 2.55. The number of aromatic nitrogens is 3. The number of halogens is 1. The van der Waals surface area contributed by atoms with Crippen molar-refractivity contribution < 1.29 is 4.42 Å². The maximum atomic E-state index is 6.27. The van der Waals surface area contributed by atoms with Crippen LogP contribution in [0.4, 0.5) is 0 Å².